The SMILES string of the molecule is CCC(c1nc2ccccc2c(=O)n1-c1ccc(Cl)cc1)N(CC(C)C)C(=O)c1cccc2ccccc12. The topological polar surface area (TPSA) is 55.2 Å². The zero-order valence-electron chi connectivity index (χ0n) is 21.8. The summed E-state index contributed by atoms with van der Waals surface area (Å²) >= 11 is 6.17. The minimum Gasteiger partial charge on any atom is -0.328 e. The van der Waals surface area contributed by atoms with Crippen LogP contribution in [0.15, 0.2) is 95.8 Å². The van der Waals surface area contributed by atoms with Crippen molar-refractivity contribution >= 4 is 39.2 Å². The first-order valence-corrected chi connectivity index (χ1v) is 13.3. The monoisotopic (exact) mass is 523 g/mol. The van der Waals surface area contributed by atoms with E-state index >= 15 is 0 Å². The van der Waals surface area contributed by atoms with Gasteiger partial charge in [0.2, 0.25) is 0 Å². The highest BCUT2D eigenvalue weighted by atomic mass is 35.5. The first-order valence-electron chi connectivity index (χ1n) is 13.0. The van der Waals surface area contributed by atoms with Crippen molar-refractivity contribution in [2.24, 2.45) is 5.92 Å². The van der Waals surface area contributed by atoms with E-state index in [4.69, 9.17) is 16.6 Å². The molecule has 0 N–H and O–H groups in total. The summed E-state index contributed by atoms with van der Waals surface area (Å²) in [5.74, 6) is 0.666. The molecule has 0 aliphatic heterocycles. The Morgan fingerprint density at radius 3 is 2.26 bits per heavy atom. The summed E-state index contributed by atoms with van der Waals surface area (Å²) < 4.78 is 1.64. The second kappa shape index (κ2) is 10.8. The molecular formula is C32H30ClN3O2. The van der Waals surface area contributed by atoms with Gasteiger partial charge in [0.25, 0.3) is 11.5 Å². The summed E-state index contributed by atoms with van der Waals surface area (Å²) in [5.41, 5.74) is 1.74. The number of nitrogens with zero attached hydrogens (tertiary/aromatic N) is 3. The number of amides is 1. The lowest BCUT2D eigenvalue weighted by atomic mass is 10.0. The molecule has 1 heterocycles. The van der Waals surface area contributed by atoms with Crippen LogP contribution in [-0.2, 0) is 0 Å². The molecule has 0 fully saturated rings. The minimum absolute atomic E-state index is 0.0765. The molecule has 1 amide bonds. The Hall–Kier alpha value is -3.96. The number of rotatable bonds is 7. The third-order valence-electron chi connectivity index (χ3n) is 6.79. The summed E-state index contributed by atoms with van der Waals surface area (Å²) in [7, 11) is 0. The molecule has 1 aromatic heterocycles. The van der Waals surface area contributed by atoms with Crippen LogP contribution in [0.1, 0.15) is 49.4 Å². The van der Waals surface area contributed by atoms with Crippen molar-refractivity contribution in [1.29, 1.82) is 0 Å². The van der Waals surface area contributed by atoms with E-state index in [0.717, 1.165) is 10.8 Å². The number of hydrogen-bond acceptors (Lipinski definition) is 3. The predicted octanol–water partition coefficient (Wildman–Crippen LogP) is 7.44. The molecule has 5 nitrogen and oxygen atoms in total. The number of fused-ring (bicyclic) bond motifs is 2. The van der Waals surface area contributed by atoms with E-state index in [-0.39, 0.29) is 17.4 Å². The summed E-state index contributed by atoms with van der Waals surface area (Å²) in [6.07, 6.45) is 0.585. The quantitative estimate of drug-likeness (QED) is 0.223. The van der Waals surface area contributed by atoms with Crippen molar-refractivity contribution < 1.29 is 4.79 Å². The average Bonchev–Trinajstić information content (AvgIpc) is 2.93. The van der Waals surface area contributed by atoms with Crippen molar-refractivity contribution in [1.82, 2.24) is 14.5 Å². The first kappa shape index (κ1) is 25.7. The maximum Gasteiger partial charge on any atom is 0.266 e. The highest BCUT2D eigenvalue weighted by Gasteiger charge is 2.31. The second-order valence-electron chi connectivity index (χ2n) is 9.91. The van der Waals surface area contributed by atoms with Crippen molar-refractivity contribution in [2.45, 2.75) is 33.2 Å². The van der Waals surface area contributed by atoms with E-state index in [0.29, 0.717) is 46.0 Å². The van der Waals surface area contributed by atoms with Crippen LogP contribution in [0.4, 0.5) is 0 Å². The number of halogens is 1. The fourth-order valence-corrected chi connectivity index (χ4v) is 5.19. The van der Waals surface area contributed by atoms with Gasteiger partial charge in [-0.3, -0.25) is 14.2 Å². The number of carbonyl (C=O) groups is 1. The molecule has 0 bridgehead atoms. The molecule has 0 saturated carbocycles. The standard InChI is InChI=1S/C32H30ClN3O2/c1-4-29(35(20-21(2)3)31(37)26-14-9-11-22-10-5-6-12-25(22)26)30-34-28-15-8-7-13-27(28)32(38)36(30)24-18-16-23(33)17-19-24/h5-19,21,29H,4,20H2,1-3H3. The van der Waals surface area contributed by atoms with Gasteiger partial charge < -0.3 is 4.90 Å². The van der Waals surface area contributed by atoms with E-state index in [1.54, 1.807) is 22.8 Å². The molecule has 1 unspecified atom stereocenters. The van der Waals surface area contributed by atoms with Crippen LogP contribution in [0.25, 0.3) is 27.4 Å². The minimum atomic E-state index is -0.433. The van der Waals surface area contributed by atoms with Crippen molar-refractivity contribution in [3.8, 4) is 5.69 Å². The van der Waals surface area contributed by atoms with E-state index in [1.165, 1.54) is 0 Å². The Kier molecular flexibility index (Phi) is 7.30. The third kappa shape index (κ3) is 4.82. The zero-order valence-corrected chi connectivity index (χ0v) is 22.5. The Morgan fingerprint density at radius 2 is 1.55 bits per heavy atom. The Bertz CT molecular complexity index is 1670. The molecule has 0 radical (unpaired) electrons. The highest BCUT2D eigenvalue weighted by Crippen LogP contribution is 2.30. The van der Waals surface area contributed by atoms with Crippen LogP contribution in [0.2, 0.25) is 5.02 Å². The van der Waals surface area contributed by atoms with Gasteiger partial charge in [0.15, 0.2) is 0 Å². The number of para-hydroxylation sites is 1. The van der Waals surface area contributed by atoms with Gasteiger partial charge in [-0.1, -0.05) is 80.9 Å². The van der Waals surface area contributed by atoms with Gasteiger partial charge >= 0.3 is 0 Å². The fraction of sp³-hybridized carbons (Fsp3) is 0.219. The second-order valence-corrected chi connectivity index (χ2v) is 10.3. The van der Waals surface area contributed by atoms with Crippen LogP contribution in [-0.4, -0.2) is 26.9 Å². The average molecular weight is 524 g/mol. The molecule has 4 aromatic carbocycles. The molecule has 0 aliphatic rings. The number of aromatic nitrogens is 2. The molecule has 38 heavy (non-hydrogen) atoms. The number of hydrogen-bond donors (Lipinski definition) is 0. The molecular weight excluding hydrogens is 494 g/mol. The summed E-state index contributed by atoms with van der Waals surface area (Å²) in [6.45, 7) is 6.73. The van der Waals surface area contributed by atoms with Crippen molar-refractivity contribution in [2.75, 3.05) is 6.54 Å². The normalized spacial score (nSPS) is 12.2. The predicted molar refractivity (Wildman–Crippen MR) is 155 cm³/mol. The molecule has 0 spiro atoms. The number of benzene rings is 4. The van der Waals surface area contributed by atoms with Crippen molar-refractivity contribution in [3.05, 3.63) is 118 Å². The van der Waals surface area contributed by atoms with E-state index < -0.39 is 6.04 Å². The maximum atomic E-state index is 14.3. The maximum absolute atomic E-state index is 14.3. The summed E-state index contributed by atoms with van der Waals surface area (Å²) in [6, 6.07) is 27.8. The zero-order chi connectivity index (χ0) is 26.8. The van der Waals surface area contributed by atoms with Gasteiger partial charge in [-0.2, -0.15) is 0 Å². The van der Waals surface area contributed by atoms with Crippen molar-refractivity contribution in [3.63, 3.8) is 0 Å². The van der Waals surface area contributed by atoms with Crippen LogP contribution >= 0.6 is 11.6 Å². The molecule has 1 atom stereocenters. The van der Waals surface area contributed by atoms with Gasteiger partial charge in [-0.25, -0.2) is 4.98 Å². The molecule has 0 aliphatic carbocycles. The molecule has 0 saturated heterocycles. The molecule has 6 heteroatoms. The smallest absolute Gasteiger partial charge is 0.266 e. The summed E-state index contributed by atoms with van der Waals surface area (Å²) in [5, 5.41) is 3.02. The highest BCUT2D eigenvalue weighted by molar-refractivity contribution is 6.30. The number of carbonyl (C=O) groups excluding carboxylic acids is 1. The van der Waals surface area contributed by atoms with E-state index in [1.807, 2.05) is 84.6 Å². The lowest BCUT2D eigenvalue weighted by Gasteiger charge is -2.34. The third-order valence-corrected chi connectivity index (χ3v) is 7.04. The Labute approximate surface area is 227 Å². The molecule has 5 aromatic rings. The lowest BCUT2D eigenvalue weighted by molar-refractivity contribution is 0.0633. The van der Waals surface area contributed by atoms with Crippen LogP contribution in [0.3, 0.4) is 0 Å². The van der Waals surface area contributed by atoms with E-state index in [9.17, 15) is 9.59 Å². The van der Waals surface area contributed by atoms with Gasteiger partial charge in [0.1, 0.15) is 5.82 Å². The molecule has 192 valence electrons. The van der Waals surface area contributed by atoms with Crippen LogP contribution in [0.5, 0.6) is 0 Å². The van der Waals surface area contributed by atoms with Gasteiger partial charge in [-0.05, 0) is 65.6 Å². The Morgan fingerprint density at radius 1 is 0.895 bits per heavy atom. The molecule has 5 rings (SSSR count). The summed E-state index contributed by atoms with van der Waals surface area (Å²) in [4.78, 5) is 35.1. The first-order chi connectivity index (χ1) is 18.4. The van der Waals surface area contributed by atoms with Crippen LogP contribution in [0, 0.1) is 5.92 Å². The van der Waals surface area contributed by atoms with Gasteiger partial charge in [-0.15, -0.1) is 0 Å². The Balaban J connectivity index is 1.74. The van der Waals surface area contributed by atoms with E-state index in [2.05, 4.69) is 13.8 Å². The van der Waals surface area contributed by atoms with Crippen LogP contribution < -0.4 is 5.56 Å². The van der Waals surface area contributed by atoms with Gasteiger partial charge in [0.05, 0.1) is 22.6 Å². The lowest BCUT2D eigenvalue weighted by Crippen LogP contribution is -2.40. The largest absolute Gasteiger partial charge is 0.328 e. The van der Waals surface area contributed by atoms with Gasteiger partial charge in [0, 0.05) is 17.1 Å². The fourth-order valence-electron chi connectivity index (χ4n) is 5.07.